The maximum atomic E-state index is 11.7. The van der Waals surface area contributed by atoms with Gasteiger partial charge >= 0.3 is 0 Å². The van der Waals surface area contributed by atoms with E-state index in [0.29, 0.717) is 0 Å². The van der Waals surface area contributed by atoms with Crippen LogP contribution < -0.4 is 0 Å². The second kappa shape index (κ2) is 40.0. The first kappa shape index (κ1) is 83.2. The fourth-order valence-electron chi connectivity index (χ4n) is 14.8. The van der Waals surface area contributed by atoms with E-state index in [0.717, 1.165) is 0 Å². The molecule has 37 nitrogen and oxygen atoms in total. The molecule has 37 atom stereocenters. The zero-order valence-electron chi connectivity index (χ0n) is 60.2. The van der Waals surface area contributed by atoms with Crippen molar-refractivity contribution in [1.29, 1.82) is 10.5 Å². The van der Waals surface area contributed by atoms with E-state index in [1.165, 1.54) is 135 Å². The molecule has 21 aliphatic heterocycles. The van der Waals surface area contributed by atoms with Crippen molar-refractivity contribution in [3.05, 3.63) is 0 Å². The minimum Gasteiger partial charge on any atom is -0.382 e. The highest BCUT2D eigenvalue weighted by Gasteiger charge is 2.63. The van der Waals surface area contributed by atoms with Gasteiger partial charge in [0.15, 0.2) is 56.2 Å². The van der Waals surface area contributed by atoms with Crippen LogP contribution in [0.4, 0.5) is 0 Å². The van der Waals surface area contributed by atoms with Gasteiger partial charge in [-0.05, 0) is 0 Å². The number of nitrogens with zero attached hydrogens (tertiary/aromatic N) is 2. The van der Waals surface area contributed by atoms with E-state index in [2.05, 4.69) is 0 Å². The Hall–Kier alpha value is -2.42. The van der Waals surface area contributed by atoms with Crippen molar-refractivity contribution in [1.82, 2.24) is 0 Å². The molecule has 21 saturated heterocycles. The molecule has 14 bridgehead atoms. The maximum absolute atomic E-state index is 11.7. The molecule has 100 heavy (non-hydrogen) atoms. The van der Waals surface area contributed by atoms with Gasteiger partial charge in [-0.3, -0.25) is 0 Å². The first-order valence-electron chi connectivity index (χ1n) is 32.7. The van der Waals surface area contributed by atoms with Crippen LogP contribution in [0, 0.1) is 22.7 Å². The summed E-state index contributed by atoms with van der Waals surface area (Å²) in [5.74, 6) is 0. The highest BCUT2D eigenvalue weighted by atomic mass is 16.8. The molecule has 21 rings (SSSR count). The van der Waals surface area contributed by atoms with Crippen molar-refractivity contribution >= 4 is 0 Å². The third kappa shape index (κ3) is 17.6. The third-order valence-electron chi connectivity index (χ3n) is 19.4. The Balaban J connectivity index is 1.25. The molecular formula is C63H106N2O35. The summed E-state index contributed by atoms with van der Waals surface area (Å²) in [5, 5.41) is 44.5. The summed E-state index contributed by atoms with van der Waals surface area (Å²) in [4.78, 5) is 0. The lowest BCUT2D eigenvalue weighted by Crippen LogP contribution is -2.70. The fourth-order valence-corrected chi connectivity index (χ4v) is 14.8. The highest BCUT2D eigenvalue weighted by Crippen LogP contribution is 2.43. The molecule has 21 aliphatic rings. The van der Waals surface area contributed by atoms with Gasteiger partial charge in [0, 0.05) is 135 Å². The van der Waals surface area contributed by atoms with E-state index in [9.17, 15) is 20.7 Å². The highest BCUT2D eigenvalue weighted by molar-refractivity contribution is 5.07. The Labute approximate surface area is 582 Å². The van der Waals surface area contributed by atoms with Crippen molar-refractivity contribution < 1.29 is 167 Å². The van der Waals surface area contributed by atoms with Gasteiger partial charge < -0.3 is 167 Å². The molecule has 0 saturated carbocycles. The van der Waals surface area contributed by atoms with Crippen LogP contribution in [0.1, 0.15) is 0 Å². The van der Waals surface area contributed by atoms with Gasteiger partial charge in [0.25, 0.3) is 0 Å². The number of aliphatic hydroxyl groups is 2. The summed E-state index contributed by atoms with van der Waals surface area (Å²) >= 11 is 0. The van der Waals surface area contributed by atoms with Crippen molar-refractivity contribution in [3.8, 4) is 12.1 Å². The number of hydrogen-bond acceptors (Lipinski definition) is 37. The molecule has 0 amide bonds. The quantitative estimate of drug-likeness (QED) is 0.0814. The molecule has 0 radical (unpaired) electrons. The van der Waals surface area contributed by atoms with Gasteiger partial charge in [0.05, 0.1) is 45.2 Å². The number of ether oxygens (including phenoxy) is 33. The summed E-state index contributed by atoms with van der Waals surface area (Å²) in [6.07, 6.45) is -46.5. The number of nitriles is 2. The Kier molecular flexibility index (Phi) is 33.3. The molecule has 0 aromatic heterocycles. The summed E-state index contributed by atoms with van der Waals surface area (Å²) < 4.78 is 211. The Morgan fingerprint density at radius 1 is 0.230 bits per heavy atom. The van der Waals surface area contributed by atoms with E-state index < -0.39 is 227 Å². The molecule has 21 heterocycles. The van der Waals surface area contributed by atoms with Gasteiger partial charge in [-0.1, -0.05) is 0 Å². The molecule has 37 heteroatoms. The zero-order valence-corrected chi connectivity index (χ0v) is 60.2. The lowest BCUT2D eigenvalue weighted by molar-refractivity contribution is -0.404. The minimum atomic E-state index is -1.91. The first-order chi connectivity index (χ1) is 48.5. The third-order valence-corrected chi connectivity index (χ3v) is 19.4. The number of aliphatic hydroxyl groups excluding tert-OH is 2. The normalized spacial score (nSPS) is 45.9. The van der Waals surface area contributed by atoms with Gasteiger partial charge in [-0.25, -0.2) is 0 Å². The van der Waals surface area contributed by atoms with Crippen LogP contribution in [0.2, 0.25) is 0 Å². The predicted octanol–water partition coefficient (Wildman–Crippen LogP) is -3.02. The van der Waals surface area contributed by atoms with Crippen LogP contribution in [0.3, 0.4) is 0 Å². The van der Waals surface area contributed by atoms with Crippen LogP contribution in [0.15, 0.2) is 0 Å². The van der Waals surface area contributed by atoms with Crippen molar-refractivity contribution in [2.45, 2.75) is 227 Å². The second-order valence-corrected chi connectivity index (χ2v) is 24.6. The van der Waals surface area contributed by atoms with Crippen molar-refractivity contribution in [2.75, 3.05) is 168 Å². The topological polar surface area (TPSA) is 393 Å². The first-order valence-corrected chi connectivity index (χ1v) is 32.7. The van der Waals surface area contributed by atoms with Crippen LogP contribution in [-0.4, -0.2) is 405 Å². The summed E-state index contributed by atoms with van der Waals surface area (Å²) in [7, 11) is 27.1. The number of methoxy groups -OCH3 is 19. The Morgan fingerprint density at radius 3 is 0.530 bits per heavy atom. The summed E-state index contributed by atoms with van der Waals surface area (Å²) in [5.41, 5.74) is 0. The van der Waals surface area contributed by atoms with Crippen LogP contribution in [-0.2, 0) is 156 Å². The van der Waals surface area contributed by atoms with E-state index in [-0.39, 0.29) is 33.0 Å². The Morgan fingerprint density at radius 2 is 0.380 bits per heavy atom. The van der Waals surface area contributed by atoms with E-state index >= 15 is 0 Å². The SMILES string of the molecule is COC[C@H]1O[C@@H]2O[C@H]3[C@H](OC)[C@@H](OC)[C@H](O[C@@H]3[C@H](O)C#N)O[C@H]3[C@H](OC)[C@@H](OC)[C@@H](O[C@H]4[C@H](OC)[C@@H](OC)[C@@H](O[C@H]5[C@H](OC)[C@@H](OC)[C@@H](O[C@H]6[C@H](OC)[C@@H](OC)[C@H](O[C@@H]6[C@@H](O)C#N)O[C@H]6[C@H](OC)[C@@H](OC)[C@@H](O[C@H]1[C@H](OC)[C@H]2OC)O[C@@H]6COC)O[C@@H]5COC)O[C@@H]4COC)O[C@@H]3COC. The molecule has 21 fully saturated rings. The van der Waals surface area contributed by atoms with Crippen molar-refractivity contribution in [3.63, 3.8) is 0 Å². The lowest BCUT2D eigenvalue weighted by atomic mass is 9.93. The average molecular weight is 1450 g/mol. The standard InChI is InChI=1S/C63H106N2O35/c1-68-22-29-36-41(73-6)50(80-13)57(87-29)95-37-30(23-69-2)90-60(53(83-16)42(37)74-7)99-48-34(27(66)20-64)93-63(56(86-19)46(48)78-11)98-40-33(26-72-5)89-59(52(82-15)45(40)77-10)96-38-31(24-70-3)91-61(54(84-17)43(38)75-8)100-49-35(28(67)21-65)92-62(55(85-18)47(49)79-12)97-39-32(25-71-4)88-58(94-36)51(81-14)44(39)76-9/h27-63,66-67H,22-26H2,1-19H3/t27-,28+,29+,30+,31+,32+,33+,34+,35+,36+,37+,38+,39+,40+,41-,42-,43-,44-,45-,46-,47-,48+,49+,50+,51+,52+,53+,54+,55+,56+,57+,58+,59+,60+,61+,62+,63+/m0/s1. The lowest BCUT2D eigenvalue weighted by Gasteiger charge is -2.52. The molecule has 0 aromatic carbocycles. The van der Waals surface area contributed by atoms with Gasteiger partial charge in [-0.15, -0.1) is 0 Å². The average Bonchev–Trinajstić information content (AvgIpc) is 0.765. The van der Waals surface area contributed by atoms with Gasteiger partial charge in [-0.2, -0.15) is 10.5 Å². The molecule has 2 N–H and O–H groups in total. The molecule has 0 aromatic rings. The van der Waals surface area contributed by atoms with Crippen LogP contribution in [0.5, 0.6) is 0 Å². The fraction of sp³-hybridized carbons (Fsp3) is 0.968. The summed E-state index contributed by atoms with van der Waals surface area (Å²) in [6, 6.07) is 3.75. The van der Waals surface area contributed by atoms with Crippen molar-refractivity contribution in [2.24, 2.45) is 0 Å². The minimum absolute atomic E-state index is 0.107. The largest absolute Gasteiger partial charge is 0.382 e. The predicted molar refractivity (Wildman–Crippen MR) is 329 cm³/mol. The van der Waals surface area contributed by atoms with Gasteiger partial charge in [0.1, 0.15) is 171 Å². The second-order valence-electron chi connectivity index (χ2n) is 24.6. The van der Waals surface area contributed by atoms with E-state index in [1.807, 2.05) is 12.1 Å². The van der Waals surface area contributed by atoms with Crippen LogP contribution in [0.25, 0.3) is 0 Å². The molecule has 0 unspecified atom stereocenters. The summed E-state index contributed by atoms with van der Waals surface area (Å²) in [6.45, 7) is -0.690. The van der Waals surface area contributed by atoms with Crippen LogP contribution >= 0.6 is 0 Å². The molecule has 0 aliphatic carbocycles. The molecule has 578 valence electrons. The van der Waals surface area contributed by atoms with E-state index in [4.69, 9.17) is 156 Å². The molecular weight excluding hydrogens is 1340 g/mol. The number of rotatable bonds is 26. The Bertz CT molecular complexity index is 2420. The maximum Gasteiger partial charge on any atom is 0.187 e. The molecule has 0 spiro atoms. The number of hydrogen-bond donors (Lipinski definition) is 2. The smallest absolute Gasteiger partial charge is 0.187 e. The van der Waals surface area contributed by atoms with E-state index in [1.54, 1.807) is 0 Å². The zero-order chi connectivity index (χ0) is 72.6. The van der Waals surface area contributed by atoms with Gasteiger partial charge in [0.2, 0.25) is 0 Å². The monoisotopic (exact) mass is 1450 g/mol.